The molecule has 0 aliphatic carbocycles. The zero-order valence-electron chi connectivity index (χ0n) is 13.1. The van der Waals surface area contributed by atoms with Crippen molar-refractivity contribution in [2.24, 2.45) is 5.92 Å². The van der Waals surface area contributed by atoms with Gasteiger partial charge >= 0.3 is 5.97 Å². The van der Waals surface area contributed by atoms with Gasteiger partial charge < -0.3 is 14.7 Å². The molecular weight excluding hydrogens is 282 g/mol. The number of ether oxygens (including phenoxy) is 1. The van der Waals surface area contributed by atoms with E-state index in [9.17, 15) is 9.59 Å². The number of para-hydroxylation sites is 1. The molecule has 0 unspecified atom stereocenters. The fourth-order valence-corrected chi connectivity index (χ4v) is 2.98. The third-order valence-corrected chi connectivity index (χ3v) is 4.27. The molecule has 1 heterocycles. The Labute approximate surface area is 130 Å². The fraction of sp³-hybridized carbons (Fsp3) is 0.529. The largest absolute Gasteiger partial charge is 0.496 e. The average Bonchev–Trinajstić information content (AvgIpc) is 2.54. The van der Waals surface area contributed by atoms with E-state index < -0.39 is 11.9 Å². The number of likely N-dealkylation sites (tertiary alicyclic amines) is 1. The van der Waals surface area contributed by atoms with Gasteiger partial charge in [0.25, 0.3) is 0 Å². The van der Waals surface area contributed by atoms with Crippen molar-refractivity contribution in [2.45, 2.75) is 32.1 Å². The number of rotatable bonds is 5. The lowest BCUT2D eigenvalue weighted by molar-refractivity contribution is -0.145. The number of nitrogens with zero attached hydrogens (tertiary/aromatic N) is 1. The van der Waals surface area contributed by atoms with E-state index in [0.29, 0.717) is 25.9 Å². The van der Waals surface area contributed by atoms with E-state index >= 15 is 0 Å². The summed E-state index contributed by atoms with van der Waals surface area (Å²) in [6.07, 6.45) is 1.78. The minimum absolute atomic E-state index is 0.0179. The van der Waals surface area contributed by atoms with Gasteiger partial charge in [-0.3, -0.25) is 9.59 Å². The molecule has 0 bridgehead atoms. The maximum Gasteiger partial charge on any atom is 0.308 e. The third kappa shape index (κ3) is 3.78. The molecule has 1 aromatic rings. The molecule has 0 saturated carbocycles. The Balaban J connectivity index is 2.00. The van der Waals surface area contributed by atoms with Gasteiger partial charge in [-0.1, -0.05) is 25.1 Å². The zero-order chi connectivity index (χ0) is 16.1. The highest BCUT2D eigenvalue weighted by atomic mass is 16.5. The average molecular weight is 305 g/mol. The van der Waals surface area contributed by atoms with Crippen molar-refractivity contribution in [3.05, 3.63) is 29.8 Å². The van der Waals surface area contributed by atoms with E-state index in [4.69, 9.17) is 9.84 Å². The molecule has 1 saturated heterocycles. The van der Waals surface area contributed by atoms with E-state index in [2.05, 4.69) is 0 Å². The summed E-state index contributed by atoms with van der Waals surface area (Å²) in [5.74, 6) is -0.405. The number of methoxy groups -OCH3 is 1. The molecule has 1 aromatic carbocycles. The summed E-state index contributed by atoms with van der Waals surface area (Å²) < 4.78 is 5.34. The van der Waals surface area contributed by atoms with Gasteiger partial charge in [-0.2, -0.15) is 0 Å². The van der Waals surface area contributed by atoms with Crippen LogP contribution < -0.4 is 4.74 Å². The lowest BCUT2D eigenvalue weighted by Crippen LogP contribution is -2.42. The van der Waals surface area contributed by atoms with E-state index in [-0.39, 0.29) is 11.8 Å². The number of aliphatic carboxylic acids is 1. The van der Waals surface area contributed by atoms with Gasteiger partial charge in [0.2, 0.25) is 5.91 Å². The second kappa shape index (κ2) is 7.29. The predicted octanol–water partition coefficient (Wildman–Crippen LogP) is 2.51. The maximum absolute atomic E-state index is 12.4. The predicted molar refractivity (Wildman–Crippen MR) is 83.0 cm³/mol. The van der Waals surface area contributed by atoms with Gasteiger partial charge in [-0.05, 0) is 30.4 Å². The Morgan fingerprint density at radius 1 is 1.41 bits per heavy atom. The second-order valence-corrected chi connectivity index (χ2v) is 5.86. The van der Waals surface area contributed by atoms with E-state index in [1.807, 2.05) is 31.2 Å². The van der Waals surface area contributed by atoms with Crippen molar-refractivity contribution >= 4 is 11.9 Å². The SMILES string of the molecule is COc1ccccc1[C@@H](C)CC(=O)N1CCC[C@@H](C(=O)O)C1. The topological polar surface area (TPSA) is 66.8 Å². The fourth-order valence-electron chi connectivity index (χ4n) is 2.98. The van der Waals surface area contributed by atoms with Gasteiger partial charge in [0.15, 0.2) is 0 Å². The Hall–Kier alpha value is -2.04. The minimum Gasteiger partial charge on any atom is -0.496 e. The van der Waals surface area contributed by atoms with E-state index in [0.717, 1.165) is 17.7 Å². The summed E-state index contributed by atoms with van der Waals surface area (Å²) in [4.78, 5) is 25.2. The van der Waals surface area contributed by atoms with Crippen molar-refractivity contribution < 1.29 is 19.4 Å². The first-order chi connectivity index (χ1) is 10.5. The van der Waals surface area contributed by atoms with Gasteiger partial charge in [0.05, 0.1) is 13.0 Å². The van der Waals surface area contributed by atoms with Crippen LogP contribution in [0.5, 0.6) is 5.75 Å². The van der Waals surface area contributed by atoms with Crippen LogP contribution in [0.3, 0.4) is 0 Å². The highest BCUT2D eigenvalue weighted by molar-refractivity contribution is 5.78. The number of hydrogen-bond acceptors (Lipinski definition) is 3. The molecule has 0 radical (unpaired) electrons. The van der Waals surface area contributed by atoms with Crippen molar-refractivity contribution in [3.63, 3.8) is 0 Å². The highest BCUT2D eigenvalue weighted by Gasteiger charge is 2.29. The van der Waals surface area contributed by atoms with Gasteiger partial charge in [-0.15, -0.1) is 0 Å². The van der Waals surface area contributed by atoms with Crippen LogP contribution in [-0.4, -0.2) is 42.1 Å². The van der Waals surface area contributed by atoms with E-state index in [1.54, 1.807) is 12.0 Å². The van der Waals surface area contributed by atoms with Crippen molar-refractivity contribution in [2.75, 3.05) is 20.2 Å². The Bertz CT molecular complexity index is 543. The van der Waals surface area contributed by atoms with Crippen LogP contribution in [0.25, 0.3) is 0 Å². The molecular formula is C17H23NO4. The van der Waals surface area contributed by atoms with Crippen LogP contribution in [0.4, 0.5) is 0 Å². The molecule has 120 valence electrons. The van der Waals surface area contributed by atoms with Gasteiger partial charge in [0.1, 0.15) is 5.75 Å². The molecule has 2 atom stereocenters. The molecule has 5 heteroatoms. The summed E-state index contributed by atoms with van der Waals surface area (Å²) >= 11 is 0. The molecule has 2 rings (SSSR count). The summed E-state index contributed by atoms with van der Waals surface area (Å²) in [6.45, 7) is 2.97. The number of hydrogen-bond donors (Lipinski definition) is 1. The first-order valence-corrected chi connectivity index (χ1v) is 7.66. The monoisotopic (exact) mass is 305 g/mol. The van der Waals surface area contributed by atoms with Crippen molar-refractivity contribution in [3.8, 4) is 5.75 Å². The smallest absolute Gasteiger partial charge is 0.308 e. The molecule has 1 N–H and O–H groups in total. The van der Waals surface area contributed by atoms with Crippen molar-refractivity contribution in [1.29, 1.82) is 0 Å². The minimum atomic E-state index is -0.810. The maximum atomic E-state index is 12.4. The number of amides is 1. The molecule has 1 fully saturated rings. The summed E-state index contributed by atoms with van der Waals surface area (Å²) in [5, 5.41) is 9.11. The number of carboxylic acid groups (broad SMARTS) is 1. The molecule has 0 aromatic heterocycles. The number of benzene rings is 1. The first-order valence-electron chi connectivity index (χ1n) is 7.66. The number of carbonyl (C=O) groups excluding carboxylic acids is 1. The molecule has 22 heavy (non-hydrogen) atoms. The van der Waals surface area contributed by atoms with Gasteiger partial charge in [-0.25, -0.2) is 0 Å². The Morgan fingerprint density at radius 3 is 2.82 bits per heavy atom. The normalized spacial score (nSPS) is 19.5. The van der Waals surface area contributed by atoms with Crippen LogP contribution in [0.2, 0.25) is 0 Å². The highest BCUT2D eigenvalue weighted by Crippen LogP contribution is 2.29. The quantitative estimate of drug-likeness (QED) is 0.907. The molecule has 1 amide bonds. The number of carboxylic acids is 1. The lowest BCUT2D eigenvalue weighted by atomic mass is 9.94. The zero-order valence-corrected chi connectivity index (χ0v) is 13.1. The third-order valence-electron chi connectivity index (χ3n) is 4.27. The Morgan fingerprint density at radius 2 is 2.14 bits per heavy atom. The van der Waals surface area contributed by atoms with Crippen LogP contribution in [0.15, 0.2) is 24.3 Å². The van der Waals surface area contributed by atoms with Crippen LogP contribution in [0.1, 0.15) is 37.7 Å². The van der Waals surface area contributed by atoms with E-state index in [1.165, 1.54) is 0 Å². The summed E-state index contributed by atoms with van der Waals surface area (Å²) in [5.41, 5.74) is 1.00. The molecule has 1 aliphatic heterocycles. The van der Waals surface area contributed by atoms with Crippen LogP contribution >= 0.6 is 0 Å². The number of carbonyl (C=O) groups is 2. The molecule has 5 nitrogen and oxygen atoms in total. The van der Waals surface area contributed by atoms with Crippen molar-refractivity contribution in [1.82, 2.24) is 4.90 Å². The first kappa shape index (κ1) is 16.3. The molecule has 1 aliphatic rings. The Kier molecular flexibility index (Phi) is 5.41. The summed E-state index contributed by atoms with van der Waals surface area (Å²) in [7, 11) is 1.62. The molecule has 0 spiro atoms. The van der Waals surface area contributed by atoms with Crippen LogP contribution in [0, 0.1) is 5.92 Å². The summed E-state index contributed by atoms with van der Waals surface area (Å²) in [6, 6.07) is 7.68. The van der Waals surface area contributed by atoms with Gasteiger partial charge in [0, 0.05) is 19.5 Å². The van der Waals surface area contributed by atoms with Crippen LogP contribution in [-0.2, 0) is 9.59 Å². The standard InChI is InChI=1S/C17H23NO4/c1-12(14-7-3-4-8-15(14)22-2)10-16(19)18-9-5-6-13(11-18)17(20)21/h3-4,7-8,12-13H,5-6,9-11H2,1-2H3,(H,20,21)/t12-,13+/m0/s1. The lowest BCUT2D eigenvalue weighted by Gasteiger charge is -2.31. The number of piperidine rings is 1. The second-order valence-electron chi connectivity index (χ2n) is 5.86.